The van der Waals surface area contributed by atoms with E-state index >= 15 is 0 Å². The number of hydrogen-bond acceptors (Lipinski definition) is 2. The van der Waals surface area contributed by atoms with Gasteiger partial charge in [0.1, 0.15) is 5.75 Å². The normalized spacial score (nSPS) is 11.8. The average molecular weight is 297 g/mol. The molecule has 0 aliphatic rings. The van der Waals surface area contributed by atoms with E-state index in [1.165, 1.54) is 11.1 Å². The van der Waals surface area contributed by atoms with Crippen molar-refractivity contribution in [3.63, 3.8) is 0 Å². The Kier molecular flexibility index (Phi) is 5.21. The highest BCUT2D eigenvalue weighted by Gasteiger charge is 2.15. The number of carbonyl (C=O) groups excluding carboxylic acids is 1. The van der Waals surface area contributed by atoms with E-state index in [0.29, 0.717) is 11.3 Å². The van der Waals surface area contributed by atoms with Crippen molar-refractivity contribution < 1.29 is 9.53 Å². The molecule has 116 valence electrons. The minimum Gasteiger partial charge on any atom is -0.497 e. The number of hydrogen-bond donors (Lipinski definition) is 1. The van der Waals surface area contributed by atoms with Crippen LogP contribution < -0.4 is 10.1 Å². The van der Waals surface area contributed by atoms with Gasteiger partial charge in [0, 0.05) is 5.56 Å². The first-order valence-corrected chi connectivity index (χ1v) is 7.57. The predicted molar refractivity (Wildman–Crippen MR) is 89.4 cm³/mol. The zero-order chi connectivity index (χ0) is 16.1. The second-order valence-electron chi connectivity index (χ2n) is 5.51. The van der Waals surface area contributed by atoms with Crippen LogP contribution in [0.15, 0.2) is 42.5 Å². The topological polar surface area (TPSA) is 38.3 Å². The molecule has 1 amide bonds. The van der Waals surface area contributed by atoms with Crippen LogP contribution in [-0.2, 0) is 0 Å². The van der Waals surface area contributed by atoms with Crippen molar-refractivity contribution in [2.45, 2.75) is 33.2 Å². The molecule has 0 aliphatic carbocycles. The summed E-state index contributed by atoms with van der Waals surface area (Å²) in [5.41, 5.74) is 4.26. The highest BCUT2D eigenvalue weighted by atomic mass is 16.5. The lowest BCUT2D eigenvalue weighted by molar-refractivity contribution is 0.0935. The van der Waals surface area contributed by atoms with Gasteiger partial charge in [-0.3, -0.25) is 4.79 Å². The molecule has 1 N–H and O–H groups in total. The van der Waals surface area contributed by atoms with Crippen LogP contribution in [0, 0.1) is 13.8 Å². The van der Waals surface area contributed by atoms with Crippen molar-refractivity contribution >= 4 is 5.91 Å². The molecule has 0 heterocycles. The maximum atomic E-state index is 12.4. The quantitative estimate of drug-likeness (QED) is 0.898. The van der Waals surface area contributed by atoms with E-state index in [9.17, 15) is 4.79 Å². The van der Waals surface area contributed by atoms with Crippen LogP contribution >= 0.6 is 0 Å². The highest BCUT2D eigenvalue weighted by Crippen LogP contribution is 2.21. The van der Waals surface area contributed by atoms with Crippen LogP contribution in [0.1, 0.15) is 46.4 Å². The Labute approximate surface area is 132 Å². The van der Waals surface area contributed by atoms with Gasteiger partial charge in [-0.15, -0.1) is 0 Å². The lowest BCUT2D eigenvalue weighted by atomic mass is 9.99. The van der Waals surface area contributed by atoms with Gasteiger partial charge < -0.3 is 10.1 Å². The number of benzene rings is 2. The predicted octanol–water partition coefficient (Wildman–Crippen LogP) is 4.19. The molecule has 0 radical (unpaired) electrons. The Morgan fingerprint density at radius 1 is 1.14 bits per heavy atom. The molecule has 0 spiro atoms. The molecule has 0 aliphatic heterocycles. The van der Waals surface area contributed by atoms with Crippen molar-refractivity contribution in [3.05, 3.63) is 64.7 Å². The maximum Gasteiger partial charge on any atom is 0.251 e. The largest absolute Gasteiger partial charge is 0.497 e. The molecule has 0 saturated heterocycles. The molecule has 2 rings (SSSR count). The lowest BCUT2D eigenvalue weighted by Gasteiger charge is -2.19. The van der Waals surface area contributed by atoms with Crippen molar-refractivity contribution in [3.8, 4) is 5.75 Å². The third-order valence-electron chi connectivity index (χ3n) is 3.98. The number of methoxy groups -OCH3 is 1. The van der Waals surface area contributed by atoms with Crippen LogP contribution in [-0.4, -0.2) is 13.0 Å². The van der Waals surface area contributed by atoms with Gasteiger partial charge >= 0.3 is 0 Å². The van der Waals surface area contributed by atoms with Gasteiger partial charge in [-0.1, -0.05) is 31.2 Å². The summed E-state index contributed by atoms with van der Waals surface area (Å²) in [5.74, 6) is 0.607. The molecule has 3 heteroatoms. The summed E-state index contributed by atoms with van der Waals surface area (Å²) in [5, 5.41) is 3.10. The summed E-state index contributed by atoms with van der Waals surface area (Å²) >= 11 is 0. The van der Waals surface area contributed by atoms with E-state index < -0.39 is 0 Å². The molecule has 2 aromatic carbocycles. The second-order valence-corrected chi connectivity index (χ2v) is 5.51. The smallest absolute Gasteiger partial charge is 0.251 e. The standard InChI is InChI=1S/C19H23NO2/c1-5-18(15-10-9-13(2)14(3)11-15)20-19(21)16-7-6-8-17(12-16)22-4/h6-12,18H,5H2,1-4H3,(H,20,21)/t18-/m0/s1. The fraction of sp³-hybridized carbons (Fsp3) is 0.316. The Balaban J connectivity index is 2.18. The van der Waals surface area contributed by atoms with E-state index in [1.807, 2.05) is 12.1 Å². The molecular formula is C19H23NO2. The molecular weight excluding hydrogens is 274 g/mol. The number of amides is 1. The number of ether oxygens (including phenoxy) is 1. The lowest BCUT2D eigenvalue weighted by Crippen LogP contribution is -2.28. The molecule has 0 bridgehead atoms. The third-order valence-corrected chi connectivity index (χ3v) is 3.98. The summed E-state index contributed by atoms with van der Waals surface area (Å²) in [6, 6.07) is 13.6. The molecule has 2 aromatic rings. The van der Waals surface area contributed by atoms with Gasteiger partial charge in [0.25, 0.3) is 5.91 Å². The number of aryl methyl sites for hydroxylation is 2. The van der Waals surface area contributed by atoms with E-state index in [-0.39, 0.29) is 11.9 Å². The fourth-order valence-electron chi connectivity index (χ4n) is 2.41. The Morgan fingerprint density at radius 2 is 1.91 bits per heavy atom. The van der Waals surface area contributed by atoms with Crippen molar-refractivity contribution in [2.75, 3.05) is 7.11 Å². The first kappa shape index (κ1) is 16.1. The molecule has 22 heavy (non-hydrogen) atoms. The van der Waals surface area contributed by atoms with Gasteiger partial charge in [-0.2, -0.15) is 0 Å². The van der Waals surface area contributed by atoms with Crippen molar-refractivity contribution in [1.82, 2.24) is 5.32 Å². The van der Waals surface area contributed by atoms with Gasteiger partial charge in [0.15, 0.2) is 0 Å². The molecule has 0 fully saturated rings. The molecule has 3 nitrogen and oxygen atoms in total. The summed E-state index contributed by atoms with van der Waals surface area (Å²) in [6.45, 7) is 6.26. The van der Waals surface area contributed by atoms with Crippen LogP contribution in [0.2, 0.25) is 0 Å². The first-order valence-electron chi connectivity index (χ1n) is 7.57. The van der Waals surface area contributed by atoms with E-state index in [0.717, 1.165) is 12.0 Å². The Bertz CT molecular complexity index is 664. The number of nitrogens with one attached hydrogen (secondary N) is 1. The molecule has 0 saturated carbocycles. The third kappa shape index (κ3) is 3.67. The maximum absolute atomic E-state index is 12.4. The SMILES string of the molecule is CC[C@H](NC(=O)c1cccc(OC)c1)c1ccc(C)c(C)c1. The molecule has 0 aromatic heterocycles. The average Bonchev–Trinajstić information content (AvgIpc) is 2.55. The summed E-state index contributed by atoms with van der Waals surface area (Å²) in [7, 11) is 1.60. The zero-order valence-electron chi connectivity index (χ0n) is 13.6. The van der Waals surface area contributed by atoms with Crippen LogP contribution in [0.25, 0.3) is 0 Å². The molecule has 1 atom stereocenters. The first-order chi connectivity index (χ1) is 10.5. The van der Waals surface area contributed by atoms with Gasteiger partial charge in [0.2, 0.25) is 0 Å². The minimum atomic E-state index is -0.0796. The summed E-state index contributed by atoms with van der Waals surface area (Å²) in [6.07, 6.45) is 0.845. The summed E-state index contributed by atoms with van der Waals surface area (Å²) < 4.78 is 5.17. The van der Waals surface area contributed by atoms with E-state index in [1.54, 1.807) is 19.2 Å². The van der Waals surface area contributed by atoms with Crippen molar-refractivity contribution in [2.24, 2.45) is 0 Å². The van der Waals surface area contributed by atoms with Crippen molar-refractivity contribution in [1.29, 1.82) is 0 Å². The Morgan fingerprint density at radius 3 is 2.55 bits per heavy atom. The minimum absolute atomic E-state index is 0.0120. The van der Waals surface area contributed by atoms with Crippen LogP contribution in [0.4, 0.5) is 0 Å². The second kappa shape index (κ2) is 7.12. The monoisotopic (exact) mass is 297 g/mol. The Hall–Kier alpha value is -2.29. The van der Waals surface area contributed by atoms with Gasteiger partial charge in [-0.25, -0.2) is 0 Å². The van der Waals surface area contributed by atoms with Gasteiger partial charge in [-0.05, 0) is 55.2 Å². The van der Waals surface area contributed by atoms with E-state index in [2.05, 4.69) is 44.3 Å². The highest BCUT2D eigenvalue weighted by molar-refractivity contribution is 5.94. The van der Waals surface area contributed by atoms with E-state index in [4.69, 9.17) is 4.74 Å². The number of rotatable bonds is 5. The zero-order valence-corrected chi connectivity index (χ0v) is 13.6. The van der Waals surface area contributed by atoms with Crippen LogP contribution in [0.5, 0.6) is 5.75 Å². The summed E-state index contributed by atoms with van der Waals surface area (Å²) in [4.78, 5) is 12.4. The van der Waals surface area contributed by atoms with Crippen LogP contribution in [0.3, 0.4) is 0 Å². The fourth-order valence-corrected chi connectivity index (χ4v) is 2.41. The molecule has 0 unspecified atom stereocenters. The number of carbonyl (C=O) groups is 1. The van der Waals surface area contributed by atoms with Gasteiger partial charge in [0.05, 0.1) is 13.2 Å².